The highest BCUT2D eigenvalue weighted by atomic mass is 79.9. The smallest absolute Gasteiger partial charge is 0.254 e. The lowest BCUT2D eigenvalue weighted by Crippen LogP contribution is -2.41. The monoisotopic (exact) mass is 640 g/mol. The Labute approximate surface area is 257 Å². The maximum absolute atomic E-state index is 13.8. The van der Waals surface area contributed by atoms with Crippen LogP contribution < -0.4 is 9.47 Å². The molecule has 2 amide bonds. The Morgan fingerprint density at radius 3 is 1.90 bits per heavy atom. The summed E-state index contributed by atoms with van der Waals surface area (Å²) in [6.45, 7) is 2.65. The maximum Gasteiger partial charge on any atom is 0.254 e. The van der Waals surface area contributed by atoms with E-state index in [9.17, 15) is 9.59 Å². The molecular formula is C34H26BrClN2O4. The van der Waals surface area contributed by atoms with E-state index in [1.165, 1.54) is 6.21 Å². The van der Waals surface area contributed by atoms with E-state index in [2.05, 4.69) is 45.3 Å². The summed E-state index contributed by atoms with van der Waals surface area (Å²) in [6, 6.07) is 27.4. The van der Waals surface area contributed by atoms with Crippen LogP contribution in [0, 0.1) is 11.8 Å². The number of rotatable bonds is 7. The number of hydrazone groups is 1. The molecule has 0 spiro atoms. The van der Waals surface area contributed by atoms with E-state index in [0.29, 0.717) is 39.8 Å². The predicted molar refractivity (Wildman–Crippen MR) is 164 cm³/mol. The van der Waals surface area contributed by atoms with E-state index < -0.39 is 11.8 Å². The number of ether oxygens (including phenoxy) is 2. The highest BCUT2D eigenvalue weighted by Gasteiger charge is 2.61. The number of halogens is 2. The molecule has 8 heteroatoms. The quantitative estimate of drug-likeness (QED) is 0.157. The summed E-state index contributed by atoms with van der Waals surface area (Å²) in [6.07, 6.45) is 1.53. The standard InChI is InChI=1S/C34H26BrClN2O4/c1-2-41-27-16-20(15-26(35)32(27)42-18-19-11-13-21(36)14-12-19)17-37-38-33(39)30-28-22-7-3-4-8-23(22)29(31(30)34(38)40)25-10-6-5-9-24(25)28/h3-17,28-31H,2,18H2,1H3/b37-17-/t28?,29?,30-,31-/m0/s1. The van der Waals surface area contributed by atoms with Gasteiger partial charge in [-0.05, 0) is 80.5 Å². The molecule has 2 bridgehead atoms. The fraction of sp³-hybridized carbons (Fsp3) is 0.206. The predicted octanol–water partition coefficient (Wildman–Crippen LogP) is 7.31. The second-order valence-electron chi connectivity index (χ2n) is 10.7. The number of carbonyl (C=O) groups is 2. The van der Waals surface area contributed by atoms with Crippen LogP contribution in [0.2, 0.25) is 5.02 Å². The zero-order chi connectivity index (χ0) is 29.0. The van der Waals surface area contributed by atoms with Crippen LogP contribution in [-0.2, 0) is 16.2 Å². The molecule has 6 nitrogen and oxygen atoms in total. The average molecular weight is 642 g/mol. The van der Waals surface area contributed by atoms with Crippen LogP contribution >= 0.6 is 27.5 Å². The number of carbonyl (C=O) groups excluding carboxylic acids is 2. The van der Waals surface area contributed by atoms with Crippen molar-refractivity contribution in [3.8, 4) is 11.5 Å². The van der Waals surface area contributed by atoms with Crippen molar-refractivity contribution >= 4 is 45.6 Å². The Morgan fingerprint density at radius 1 is 0.833 bits per heavy atom. The highest BCUT2D eigenvalue weighted by molar-refractivity contribution is 9.10. The lowest BCUT2D eigenvalue weighted by molar-refractivity contribution is -0.139. The second-order valence-corrected chi connectivity index (χ2v) is 12.0. The molecule has 1 aliphatic heterocycles. The molecule has 0 N–H and O–H groups in total. The minimum Gasteiger partial charge on any atom is -0.490 e. The van der Waals surface area contributed by atoms with Crippen LogP contribution in [0.15, 0.2) is 94.5 Å². The third-order valence-corrected chi connectivity index (χ3v) is 9.22. The summed E-state index contributed by atoms with van der Waals surface area (Å²) >= 11 is 9.60. The molecule has 42 heavy (non-hydrogen) atoms. The van der Waals surface area contributed by atoms with Crippen molar-refractivity contribution < 1.29 is 19.1 Å². The van der Waals surface area contributed by atoms with Crippen molar-refractivity contribution in [1.29, 1.82) is 0 Å². The van der Waals surface area contributed by atoms with Crippen LogP contribution in [0.5, 0.6) is 11.5 Å². The van der Waals surface area contributed by atoms with E-state index in [4.69, 9.17) is 21.1 Å². The first kappa shape index (κ1) is 26.9. The van der Waals surface area contributed by atoms with E-state index in [1.54, 1.807) is 6.07 Å². The van der Waals surface area contributed by atoms with Crippen molar-refractivity contribution in [1.82, 2.24) is 5.01 Å². The van der Waals surface area contributed by atoms with Crippen molar-refractivity contribution in [2.24, 2.45) is 16.9 Å². The Bertz CT molecular complexity index is 1640. The first-order valence-electron chi connectivity index (χ1n) is 13.9. The SMILES string of the molecule is CCOc1cc(/C=N\N2C(=O)[C@H]3C4c5ccccc5C(c5ccccc54)[C@@H]3C2=O)cc(Br)c1OCc1ccc(Cl)cc1. The Balaban J connectivity index is 1.18. The Hall–Kier alpha value is -3.94. The van der Waals surface area contributed by atoms with Crippen LogP contribution in [0.1, 0.15) is 52.1 Å². The average Bonchev–Trinajstić information content (AvgIpc) is 3.26. The summed E-state index contributed by atoms with van der Waals surface area (Å²) in [5.74, 6) is -0.716. The second kappa shape index (κ2) is 10.7. The number of hydrogen-bond acceptors (Lipinski definition) is 5. The molecule has 4 aromatic rings. The topological polar surface area (TPSA) is 68.2 Å². The summed E-state index contributed by atoms with van der Waals surface area (Å²) in [4.78, 5) is 27.7. The lowest BCUT2D eigenvalue weighted by atomic mass is 9.55. The molecule has 210 valence electrons. The van der Waals surface area contributed by atoms with Gasteiger partial charge in [0, 0.05) is 16.9 Å². The third kappa shape index (κ3) is 4.34. The number of nitrogens with zero attached hydrogens (tertiary/aromatic N) is 2. The molecule has 1 saturated heterocycles. The molecule has 4 aromatic carbocycles. The number of benzene rings is 4. The zero-order valence-electron chi connectivity index (χ0n) is 22.7. The maximum atomic E-state index is 13.8. The fourth-order valence-electron chi connectivity index (χ4n) is 6.70. The van der Waals surface area contributed by atoms with E-state index in [-0.39, 0.29) is 23.7 Å². The molecule has 1 fully saturated rings. The van der Waals surface area contributed by atoms with E-state index in [0.717, 1.165) is 32.8 Å². The molecule has 0 aromatic heterocycles. The van der Waals surface area contributed by atoms with Gasteiger partial charge in [0.1, 0.15) is 6.61 Å². The van der Waals surface area contributed by atoms with Crippen LogP contribution in [0.4, 0.5) is 0 Å². The first-order valence-corrected chi connectivity index (χ1v) is 15.1. The van der Waals surface area contributed by atoms with Gasteiger partial charge in [0.05, 0.1) is 29.1 Å². The van der Waals surface area contributed by atoms with Crippen LogP contribution in [0.25, 0.3) is 0 Å². The Morgan fingerprint density at radius 2 is 1.38 bits per heavy atom. The first-order chi connectivity index (χ1) is 20.5. The van der Waals surface area contributed by atoms with Gasteiger partial charge in [-0.3, -0.25) is 9.59 Å². The molecular weight excluding hydrogens is 616 g/mol. The van der Waals surface area contributed by atoms with Gasteiger partial charge in [-0.15, -0.1) is 0 Å². The van der Waals surface area contributed by atoms with Gasteiger partial charge >= 0.3 is 0 Å². The van der Waals surface area contributed by atoms with Crippen molar-refractivity contribution in [3.63, 3.8) is 0 Å². The molecule has 0 radical (unpaired) electrons. The van der Waals surface area contributed by atoms with Crippen molar-refractivity contribution in [3.05, 3.63) is 128 Å². The van der Waals surface area contributed by atoms with Gasteiger partial charge < -0.3 is 9.47 Å². The molecule has 1 heterocycles. The number of amides is 2. The van der Waals surface area contributed by atoms with Gasteiger partial charge in [-0.2, -0.15) is 10.1 Å². The van der Waals surface area contributed by atoms with Gasteiger partial charge in [0.15, 0.2) is 11.5 Å². The van der Waals surface area contributed by atoms with Crippen molar-refractivity contribution in [2.45, 2.75) is 25.4 Å². The molecule has 0 saturated carbocycles. The van der Waals surface area contributed by atoms with Crippen molar-refractivity contribution in [2.75, 3.05) is 6.61 Å². The summed E-state index contributed by atoms with van der Waals surface area (Å²) in [5.41, 5.74) is 6.16. The van der Waals surface area contributed by atoms with E-state index in [1.807, 2.05) is 61.5 Å². The normalized spacial score (nSPS) is 21.8. The minimum atomic E-state index is -0.473. The Kier molecular flexibility index (Phi) is 6.87. The molecule has 3 aliphatic carbocycles. The number of hydrogen-bond donors (Lipinski definition) is 0. The van der Waals surface area contributed by atoms with Crippen LogP contribution in [-0.4, -0.2) is 29.6 Å². The third-order valence-electron chi connectivity index (χ3n) is 8.38. The molecule has 2 atom stereocenters. The number of imide groups is 1. The molecule has 8 rings (SSSR count). The minimum absolute atomic E-state index is 0.167. The van der Waals surface area contributed by atoms with Gasteiger partial charge in [-0.25, -0.2) is 0 Å². The van der Waals surface area contributed by atoms with Gasteiger partial charge in [0.25, 0.3) is 11.8 Å². The molecule has 4 aliphatic rings. The largest absolute Gasteiger partial charge is 0.490 e. The van der Waals surface area contributed by atoms with Crippen LogP contribution in [0.3, 0.4) is 0 Å². The van der Waals surface area contributed by atoms with Gasteiger partial charge in [-0.1, -0.05) is 72.3 Å². The summed E-state index contributed by atoms with van der Waals surface area (Å²) in [5, 5.41) is 6.19. The molecule has 0 unspecified atom stereocenters. The van der Waals surface area contributed by atoms with Gasteiger partial charge in [0.2, 0.25) is 0 Å². The summed E-state index contributed by atoms with van der Waals surface area (Å²) < 4.78 is 12.6. The zero-order valence-corrected chi connectivity index (χ0v) is 25.0. The highest BCUT2D eigenvalue weighted by Crippen LogP contribution is 2.61. The lowest BCUT2D eigenvalue weighted by Gasteiger charge is -2.45. The van der Waals surface area contributed by atoms with E-state index >= 15 is 0 Å². The summed E-state index contributed by atoms with van der Waals surface area (Å²) in [7, 11) is 0. The fourth-order valence-corrected chi connectivity index (χ4v) is 7.40.